The molecule has 0 aliphatic carbocycles. The lowest BCUT2D eigenvalue weighted by Crippen LogP contribution is -2.36. The highest BCUT2D eigenvalue weighted by Gasteiger charge is 2.20. The van der Waals surface area contributed by atoms with E-state index in [1.165, 1.54) is 17.5 Å². The molecule has 1 aliphatic heterocycles. The van der Waals surface area contributed by atoms with Crippen molar-refractivity contribution in [2.45, 2.75) is 46.1 Å². The van der Waals surface area contributed by atoms with Crippen LogP contribution in [0.2, 0.25) is 0 Å². The SMILES string of the molecule is CCc1ccccc1CNc1cc(C(=O)N2CCCCC2)nc(C)n1. The Morgan fingerprint density at radius 3 is 2.56 bits per heavy atom. The normalized spacial score (nSPS) is 14.4. The minimum atomic E-state index is 0.0159. The van der Waals surface area contributed by atoms with Crippen molar-refractivity contribution in [2.24, 2.45) is 0 Å². The number of nitrogens with one attached hydrogen (secondary N) is 1. The molecule has 0 atom stereocenters. The van der Waals surface area contributed by atoms with Gasteiger partial charge in [0.05, 0.1) is 0 Å². The van der Waals surface area contributed by atoms with Crippen LogP contribution in [0.3, 0.4) is 0 Å². The molecule has 0 spiro atoms. The molecular weight excluding hydrogens is 312 g/mol. The summed E-state index contributed by atoms with van der Waals surface area (Å²) >= 11 is 0. The van der Waals surface area contributed by atoms with Gasteiger partial charge in [-0.3, -0.25) is 4.79 Å². The topological polar surface area (TPSA) is 58.1 Å². The fourth-order valence-electron chi connectivity index (χ4n) is 3.29. The molecule has 25 heavy (non-hydrogen) atoms. The number of nitrogens with zero attached hydrogens (tertiary/aromatic N) is 3. The van der Waals surface area contributed by atoms with Gasteiger partial charge in [-0.25, -0.2) is 9.97 Å². The van der Waals surface area contributed by atoms with Gasteiger partial charge in [-0.05, 0) is 43.7 Å². The highest BCUT2D eigenvalue weighted by Crippen LogP contribution is 2.16. The fraction of sp³-hybridized carbons (Fsp3) is 0.450. The fourth-order valence-corrected chi connectivity index (χ4v) is 3.29. The maximum atomic E-state index is 12.7. The Balaban J connectivity index is 1.74. The molecule has 3 rings (SSSR count). The van der Waals surface area contributed by atoms with Gasteiger partial charge in [-0.2, -0.15) is 0 Å². The number of piperidine rings is 1. The Labute approximate surface area is 149 Å². The van der Waals surface area contributed by atoms with Gasteiger partial charge in [0.15, 0.2) is 0 Å². The lowest BCUT2D eigenvalue weighted by Gasteiger charge is -2.26. The van der Waals surface area contributed by atoms with E-state index >= 15 is 0 Å². The Morgan fingerprint density at radius 2 is 1.84 bits per heavy atom. The van der Waals surface area contributed by atoms with E-state index in [9.17, 15) is 4.79 Å². The van der Waals surface area contributed by atoms with E-state index in [4.69, 9.17) is 0 Å². The summed E-state index contributed by atoms with van der Waals surface area (Å²) in [5.74, 6) is 1.34. The lowest BCUT2D eigenvalue weighted by atomic mass is 10.1. The number of aromatic nitrogens is 2. The summed E-state index contributed by atoms with van der Waals surface area (Å²) in [4.78, 5) is 23.4. The van der Waals surface area contributed by atoms with Crippen molar-refractivity contribution in [3.8, 4) is 0 Å². The van der Waals surface area contributed by atoms with Crippen molar-refractivity contribution in [1.82, 2.24) is 14.9 Å². The van der Waals surface area contributed by atoms with Crippen LogP contribution in [-0.2, 0) is 13.0 Å². The largest absolute Gasteiger partial charge is 0.366 e. The van der Waals surface area contributed by atoms with Gasteiger partial charge in [-0.1, -0.05) is 31.2 Å². The standard InChI is InChI=1S/C20H26N4O/c1-3-16-9-5-6-10-17(16)14-21-19-13-18(22-15(2)23-19)20(25)24-11-7-4-8-12-24/h5-6,9-10,13H,3-4,7-8,11-12,14H2,1-2H3,(H,21,22,23). The van der Waals surface area contributed by atoms with Crippen LogP contribution in [0.5, 0.6) is 0 Å². The number of benzene rings is 1. The quantitative estimate of drug-likeness (QED) is 0.905. The maximum absolute atomic E-state index is 12.7. The number of hydrogen-bond acceptors (Lipinski definition) is 4. The third-order valence-corrected chi connectivity index (χ3v) is 4.66. The number of amides is 1. The van der Waals surface area contributed by atoms with E-state index < -0.39 is 0 Å². The molecule has 2 heterocycles. The molecule has 0 unspecified atom stereocenters. The lowest BCUT2D eigenvalue weighted by molar-refractivity contribution is 0.0718. The van der Waals surface area contributed by atoms with Crippen molar-refractivity contribution < 1.29 is 4.79 Å². The first-order valence-electron chi connectivity index (χ1n) is 9.13. The van der Waals surface area contributed by atoms with E-state index in [1.54, 1.807) is 6.07 Å². The van der Waals surface area contributed by atoms with Crippen LogP contribution in [0.25, 0.3) is 0 Å². The number of carbonyl (C=O) groups is 1. The van der Waals surface area contributed by atoms with Gasteiger partial charge in [0.2, 0.25) is 0 Å². The van der Waals surface area contributed by atoms with E-state index in [1.807, 2.05) is 17.9 Å². The molecule has 1 N–H and O–H groups in total. The summed E-state index contributed by atoms with van der Waals surface area (Å²) in [7, 11) is 0. The molecule has 0 bridgehead atoms. The highest BCUT2D eigenvalue weighted by atomic mass is 16.2. The van der Waals surface area contributed by atoms with E-state index in [2.05, 4.69) is 40.4 Å². The van der Waals surface area contributed by atoms with Gasteiger partial charge in [0, 0.05) is 25.7 Å². The van der Waals surface area contributed by atoms with Crippen LogP contribution in [0.15, 0.2) is 30.3 Å². The summed E-state index contributed by atoms with van der Waals surface area (Å²) in [6.07, 6.45) is 4.36. The van der Waals surface area contributed by atoms with Crippen molar-refractivity contribution in [3.63, 3.8) is 0 Å². The Kier molecular flexibility index (Phi) is 5.64. The van der Waals surface area contributed by atoms with Crippen LogP contribution in [0.4, 0.5) is 5.82 Å². The van der Waals surface area contributed by atoms with Gasteiger partial charge in [0.25, 0.3) is 5.91 Å². The Bertz CT molecular complexity index is 738. The maximum Gasteiger partial charge on any atom is 0.272 e. The summed E-state index contributed by atoms with van der Waals surface area (Å²) in [5.41, 5.74) is 3.07. The smallest absolute Gasteiger partial charge is 0.272 e. The predicted octanol–water partition coefficient (Wildman–Crippen LogP) is 3.59. The predicted molar refractivity (Wildman–Crippen MR) is 99.7 cm³/mol. The Morgan fingerprint density at radius 1 is 1.12 bits per heavy atom. The van der Waals surface area contributed by atoms with Gasteiger partial charge < -0.3 is 10.2 Å². The summed E-state index contributed by atoms with van der Waals surface area (Å²) in [5, 5.41) is 3.35. The first kappa shape index (κ1) is 17.4. The monoisotopic (exact) mass is 338 g/mol. The average Bonchev–Trinajstić information content (AvgIpc) is 2.66. The van der Waals surface area contributed by atoms with Crippen LogP contribution < -0.4 is 5.32 Å². The van der Waals surface area contributed by atoms with Gasteiger partial charge in [-0.15, -0.1) is 0 Å². The zero-order chi connectivity index (χ0) is 17.6. The zero-order valence-electron chi connectivity index (χ0n) is 15.1. The first-order valence-corrected chi connectivity index (χ1v) is 9.13. The molecule has 132 valence electrons. The van der Waals surface area contributed by atoms with Crippen molar-refractivity contribution in [3.05, 3.63) is 53.0 Å². The van der Waals surface area contributed by atoms with Crippen molar-refractivity contribution in [1.29, 1.82) is 0 Å². The number of hydrogen-bond donors (Lipinski definition) is 1. The number of aryl methyl sites for hydroxylation is 2. The van der Waals surface area contributed by atoms with Crippen molar-refractivity contribution in [2.75, 3.05) is 18.4 Å². The molecular formula is C20H26N4O. The molecule has 1 amide bonds. The van der Waals surface area contributed by atoms with Crippen LogP contribution in [0.1, 0.15) is 53.6 Å². The molecule has 1 aromatic heterocycles. The third-order valence-electron chi connectivity index (χ3n) is 4.66. The van der Waals surface area contributed by atoms with E-state index in [-0.39, 0.29) is 5.91 Å². The minimum absolute atomic E-state index is 0.0159. The molecule has 5 nitrogen and oxygen atoms in total. The van der Waals surface area contributed by atoms with Gasteiger partial charge in [0.1, 0.15) is 17.3 Å². The van der Waals surface area contributed by atoms with Crippen LogP contribution in [0, 0.1) is 6.92 Å². The van der Waals surface area contributed by atoms with E-state index in [0.717, 1.165) is 32.4 Å². The van der Waals surface area contributed by atoms with Crippen LogP contribution >= 0.6 is 0 Å². The van der Waals surface area contributed by atoms with Crippen LogP contribution in [-0.4, -0.2) is 33.9 Å². The molecule has 1 saturated heterocycles. The first-order chi connectivity index (χ1) is 12.2. The molecule has 2 aromatic rings. The molecule has 5 heteroatoms. The molecule has 1 fully saturated rings. The summed E-state index contributed by atoms with van der Waals surface area (Å²) < 4.78 is 0. The van der Waals surface area contributed by atoms with E-state index in [0.29, 0.717) is 23.9 Å². The number of anilines is 1. The number of likely N-dealkylation sites (tertiary alicyclic amines) is 1. The molecule has 1 aliphatic rings. The van der Waals surface area contributed by atoms with Gasteiger partial charge >= 0.3 is 0 Å². The second-order valence-electron chi connectivity index (χ2n) is 6.51. The third kappa shape index (κ3) is 4.35. The second kappa shape index (κ2) is 8.10. The zero-order valence-corrected chi connectivity index (χ0v) is 15.1. The molecule has 0 saturated carbocycles. The van der Waals surface area contributed by atoms with Crippen molar-refractivity contribution >= 4 is 11.7 Å². The minimum Gasteiger partial charge on any atom is -0.366 e. The molecule has 1 aromatic carbocycles. The number of carbonyl (C=O) groups excluding carboxylic acids is 1. The number of rotatable bonds is 5. The highest BCUT2D eigenvalue weighted by molar-refractivity contribution is 5.93. The summed E-state index contributed by atoms with van der Waals surface area (Å²) in [6.45, 7) is 6.34. The summed E-state index contributed by atoms with van der Waals surface area (Å²) in [6, 6.07) is 10.2. The average molecular weight is 338 g/mol. The Hall–Kier alpha value is -2.43. The second-order valence-corrected chi connectivity index (χ2v) is 6.51. The molecule has 0 radical (unpaired) electrons.